The van der Waals surface area contributed by atoms with Crippen LogP contribution in [0, 0.1) is 34.0 Å². The van der Waals surface area contributed by atoms with Crippen molar-refractivity contribution in [3.05, 3.63) is 216 Å². The van der Waals surface area contributed by atoms with E-state index in [9.17, 15) is 42.1 Å². The molecule has 9 aromatic carbocycles. The maximum atomic E-state index is 14.7. The molecule has 5 nitrogen and oxygen atoms in total. The number of aromatic nitrogens is 2. The van der Waals surface area contributed by atoms with E-state index in [4.69, 9.17) is 0 Å². The third kappa shape index (κ3) is 7.01. The topological polar surface area (TPSA) is 81.2 Å². The van der Waals surface area contributed by atoms with Crippen LogP contribution in [0.4, 0.5) is 26.3 Å². The van der Waals surface area contributed by atoms with Crippen LogP contribution >= 0.6 is 0 Å². The standard InChI is InChI=1S/C59H31F6N5/c60-58(61,62)41-27-40(28-42(31-41)59(63,64)65)45-18-10-22-55(70-51-20-8-6-17-47(51)49-30-36(24-26-53(49)70)44-15-4-2-12-38(44)33-67)57(45)56-39(34-68)13-9-21-54(56)69-50-19-7-5-16-46(50)48-29-35(23-25-52(48)69)43-14-3-1-11-37(43)32-66/h1-31H. The van der Waals surface area contributed by atoms with Crippen molar-refractivity contribution in [1.82, 2.24) is 9.13 Å². The number of rotatable bonds is 6. The molecule has 70 heavy (non-hydrogen) atoms. The number of nitrogens with zero attached hydrogens (tertiary/aromatic N) is 5. The van der Waals surface area contributed by atoms with E-state index in [-0.39, 0.29) is 33.9 Å². The lowest BCUT2D eigenvalue weighted by Gasteiger charge is -2.23. The van der Waals surface area contributed by atoms with Crippen molar-refractivity contribution in [3.8, 4) is 74.1 Å². The minimum Gasteiger partial charge on any atom is -0.309 e. The zero-order valence-corrected chi connectivity index (χ0v) is 36.4. The largest absolute Gasteiger partial charge is 0.416 e. The van der Waals surface area contributed by atoms with Gasteiger partial charge in [0, 0.05) is 32.7 Å². The van der Waals surface area contributed by atoms with Crippen molar-refractivity contribution < 1.29 is 26.3 Å². The fraction of sp³-hybridized carbons (Fsp3) is 0.0339. The maximum absolute atomic E-state index is 14.7. The van der Waals surface area contributed by atoms with Crippen LogP contribution in [0.2, 0.25) is 0 Å². The molecule has 334 valence electrons. The summed E-state index contributed by atoms with van der Waals surface area (Å²) >= 11 is 0. The Labute approximate surface area is 395 Å². The number of hydrogen-bond donors (Lipinski definition) is 0. The summed E-state index contributed by atoms with van der Waals surface area (Å²) in [5.74, 6) is 0. The van der Waals surface area contributed by atoms with Gasteiger partial charge in [-0.05, 0) is 118 Å². The Balaban J connectivity index is 1.28. The maximum Gasteiger partial charge on any atom is 0.416 e. The van der Waals surface area contributed by atoms with Crippen molar-refractivity contribution in [2.24, 2.45) is 0 Å². The fourth-order valence-electron chi connectivity index (χ4n) is 9.89. The Hall–Kier alpha value is -9.37. The first-order chi connectivity index (χ1) is 33.9. The Morgan fingerprint density at radius 3 is 1.21 bits per heavy atom. The molecule has 2 aromatic heterocycles. The van der Waals surface area contributed by atoms with E-state index in [1.807, 2.05) is 118 Å². The van der Waals surface area contributed by atoms with E-state index < -0.39 is 23.5 Å². The molecule has 0 saturated carbocycles. The van der Waals surface area contributed by atoms with Gasteiger partial charge in [0.15, 0.2) is 0 Å². The molecule has 0 amide bonds. The summed E-state index contributed by atoms with van der Waals surface area (Å²) in [6, 6.07) is 59.4. The van der Waals surface area contributed by atoms with Gasteiger partial charge in [0.05, 0.1) is 79.5 Å². The normalized spacial score (nSPS) is 11.8. The molecule has 0 spiro atoms. The number of para-hydroxylation sites is 2. The van der Waals surface area contributed by atoms with Gasteiger partial charge >= 0.3 is 12.4 Å². The summed E-state index contributed by atoms with van der Waals surface area (Å²) in [4.78, 5) is 0. The van der Waals surface area contributed by atoms with Crippen LogP contribution in [0.5, 0.6) is 0 Å². The molecule has 0 unspecified atom stereocenters. The third-order valence-electron chi connectivity index (χ3n) is 12.9. The lowest BCUT2D eigenvalue weighted by Crippen LogP contribution is -2.11. The summed E-state index contributed by atoms with van der Waals surface area (Å²) in [7, 11) is 0. The highest BCUT2D eigenvalue weighted by Gasteiger charge is 2.38. The van der Waals surface area contributed by atoms with Crippen LogP contribution in [-0.4, -0.2) is 9.13 Å². The number of nitriles is 3. The van der Waals surface area contributed by atoms with Crippen LogP contribution in [0.1, 0.15) is 27.8 Å². The second-order valence-corrected chi connectivity index (χ2v) is 16.8. The molecule has 0 saturated heterocycles. The average Bonchev–Trinajstić information content (AvgIpc) is 3.89. The highest BCUT2D eigenvalue weighted by atomic mass is 19.4. The van der Waals surface area contributed by atoms with E-state index in [1.54, 1.807) is 54.6 Å². The zero-order valence-electron chi connectivity index (χ0n) is 36.4. The molecule has 0 radical (unpaired) electrons. The molecule has 0 N–H and O–H groups in total. The second kappa shape index (κ2) is 16.4. The van der Waals surface area contributed by atoms with Crippen LogP contribution in [0.25, 0.3) is 99.5 Å². The van der Waals surface area contributed by atoms with Crippen LogP contribution < -0.4 is 0 Å². The number of halogens is 6. The van der Waals surface area contributed by atoms with Gasteiger partial charge in [0.2, 0.25) is 0 Å². The van der Waals surface area contributed by atoms with Gasteiger partial charge in [-0.1, -0.05) is 103 Å². The minimum atomic E-state index is -5.15. The molecule has 0 bridgehead atoms. The fourth-order valence-corrected chi connectivity index (χ4v) is 9.89. The Morgan fingerprint density at radius 1 is 0.329 bits per heavy atom. The van der Waals surface area contributed by atoms with E-state index in [2.05, 4.69) is 18.2 Å². The molecule has 11 rings (SSSR count). The van der Waals surface area contributed by atoms with Gasteiger partial charge in [-0.25, -0.2) is 0 Å². The molecular weight excluding hydrogens is 893 g/mol. The number of hydrogen-bond acceptors (Lipinski definition) is 3. The smallest absolute Gasteiger partial charge is 0.309 e. The number of alkyl halides is 6. The lowest BCUT2D eigenvalue weighted by molar-refractivity contribution is -0.143. The summed E-state index contributed by atoms with van der Waals surface area (Å²) in [6.45, 7) is 0. The highest BCUT2D eigenvalue weighted by Crippen LogP contribution is 2.48. The van der Waals surface area contributed by atoms with E-state index in [0.717, 1.165) is 50.4 Å². The Morgan fingerprint density at radius 2 is 0.729 bits per heavy atom. The van der Waals surface area contributed by atoms with Crippen LogP contribution in [0.3, 0.4) is 0 Å². The highest BCUT2D eigenvalue weighted by molar-refractivity contribution is 6.13. The van der Waals surface area contributed by atoms with E-state index >= 15 is 0 Å². The van der Waals surface area contributed by atoms with Crippen molar-refractivity contribution in [3.63, 3.8) is 0 Å². The first kappa shape index (κ1) is 43.2. The van der Waals surface area contributed by atoms with Gasteiger partial charge in [0.1, 0.15) is 0 Å². The molecule has 11 aromatic rings. The van der Waals surface area contributed by atoms with Crippen molar-refractivity contribution in [2.75, 3.05) is 0 Å². The summed E-state index contributed by atoms with van der Waals surface area (Å²) in [6.07, 6.45) is -10.3. The predicted octanol–water partition coefficient (Wildman–Crippen LogP) is 16.2. The SMILES string of the molecule is N#Cc1ccccc1-c1ccc2c(c1)c1ccccc1n2-c1cccc(C#N)c1-c1c(-c2cc(C(F)(F)F)cc(C(F)(F)F)c2)cccc1-n1c2ccccc2c2cc(-c3ccccc3C#N)ccc21. The average molecular weight is 924 g/mol. The van der Waals surface area contributed by atoms with Gasteiger partial charge in [-0.15, -0.1) is 0 Å². The quantitative estimate of drug-likeness (QED) is 0.156. The molecule has 2 heterocycles. The van der Waals surface area contributed by atoms with Crippen molar-refractivity contribution in [1.29, 1.82) is 15.8 Å². The predicted molar refractivity (Wildman–Crippen MR) is 261 cm³/mol. The lowest BCUT2D eigenvalue weighted by atomic mass is 9.87. The molecule has 0 aliphatic carbocycles. The first-order valence-corrected chi connectivity index (χ1v) is 21.9. The summed E-state index contributed by atoms with van der Waals surface area (Å²) in [5.41, 5.74) is 4.68. The monoisotopic (exact) mass is 923 g/mol. The molecule has 0 aliphatic heterocycles. The summed E-state index contributed by atoms with van der Waals surface area (Å²) in [5, 5.41) is 34.3. The van der Waals surface area contributed by atoms with E-state index in [1.165, 1.54) is 6.07 Å². The minimum absolute atomic E-state index is 0.0136. The molecule has 0 atom stereocenters. The van der Waals surface area contributed by atoms with Crippen LogP contribution in [0.15, 0.2) is 188 Å². The Bertz CT molecular complexity index is 4060. The van der Waals surface area contributed by atoms with Crippen molar-refractivity contribution >= 4 is 43.6 Å². The molecular formula is C59H31F6N5. The van der Waals surface area contributed by atoms with E-state index in [0.29, 0.717) is 50.1 Å². The van der Waals surface area contributed by atoms with Gasteiger partial charge in [-0.3, -0.25) is 0 Å². The molecule has 11 heteroatoms. The van der Waals surface area contributed by atoms with Crippen molar-refractivity contribution in [2.45, 2.75) is 12.4 Å². The number of benzene rings is 9. The van der Waals surface area contributed by atoms with Gasteiger partial charge in [-0.2, -0.15) is 42.1 Å². The zero-order chi connectivity index (χ0) is 48.5. The number of fused-ring (bicyclic) bond motifs is 6. The molecule has 0 fully saturated rings. The Kier molecular flexibility index (Phi) is 10.2. The van der Waals surface area contributed by atoms with Gasteiger partial charge < -0.3 is 9.13 Å². The summed E-state index contributed by atoms with van der Waals surface area (Å²) < 4.78 is 92.2. The third-order valence-corrected chi connectivity index (χ3v) is 12.9. The molecule has 0 aliphatic rings. The second-order valence-electron chi connectivity index (χ2n) is 16.8. The van der Waals surface area contributed by atoms with Crippen LogP contribution in [-0.2, 0) is 12.4 Å². The first-order valence-electron chi connectivity index (χ1n) is 21.9. The van der Waals surface area contributed by atoms with Gasteiger partial charge in [0.25, 0.3) is 0 Å².